The molecule has 1 amide bonds. The van der Waals surface area contributed by atoms with Crippen LogP contribution in [0.15, 0.2) is 29.2 Å². The van der Waals surface area contributed by atoms with Crippen molar-refractivity contribution >= 4 is 43.0 Å². The summed E-state index contributed by atoms with van der Waals surface area (Å²) in [5.41, 5.74) is 8.83. The van der Waals surface area contributed by atoms with Crippen molar-refractivity contribution in [2.75, 3.05) is 5.73 Å². The third-order valence-electron chi connectivity index (χ3n) is 4.67. The van der Waals surface area contributed by atoms with E-state index in [-0.39, 0.29) is 17.3 Å². The highest BCUT2D eigenvalue weighted by Gasteiger charge is 2.35. The van der Waals surface area contributed by atoms with Crippen LogP contribution in [0.5, 0.6) is 0 Å². The summed E-state index contributed by atoms with van der Waals surface area (Å²) < 4.78 is 38.2. The highest BCUT2D eigenvalue weighted by atomic mass is 32.2. The predicted octanol–water partition coefficient (Wildman–Crippen LogP) is 3.30. The molecule has 0 saturated heterocycles. The number of nitrogens with two attached hydrogens (primary N) is 1. The summed E-state index contributed by atoms with van der Waals surface area (Å²) in [4.78, 5) is 13.4. The molecule has 2 heterocycles. The van der Waals surface area contributed by atoms with Crippen LogP contribution in [0, 0.1) is 13.8 Å². The van der Waals surface area contributed by atoms with Gasteiger partial charge in [-0.25, -0.2) is 12.8 Å². The molecular weight excluding hydrogens is 415 g/mol. The number of benzene rings is 1. The van der Waals surface area contributed by atoms with E-state index in [1.807, 2.05) is 13.8 Å². The maximum absolute atomic E-state index is 13.9. The van der Waals surface area contributed by atoms with Gasteiger partial charge in [-0.3, -0.25) is 4.79 Å². The first kappa shape index (κ1) is 21.1. The van der Waals surface area contributed by atoms with Gasteiger partial charge in [0.15, 0.2) is 0 Å². The van der Waals surface area contributed by atoms with Crippen LogP contribution in [0.25, 0.3) is 10.2 Å². The average Bonchev–Trinajstić information content (AvgIpc) is 2.99. The van der Waals surface area contributed by atoms with Crippen LogP contribution in [0.3, 0.4) is 0 Å². The molecule has 3 N–H and O–H groups in total. The lowest BCUT2D eigenvalue weighted by atomic mass is 10.1. The second kappa shape index (κ2) is 7.34. The number of anilines is 1. The Morgan fingerprint density at radius 1 is 1.21 bits per heavy atom. The van der Waals surface area contributed by atoms with Crippen LogP contribution in [-0.4, -0.2) is 29.5 Å². The van der Waals surface area contributed by atoms with Crippen LogP contribution in [0.1, 0.15) is 40.3 Å². The van der Waals surface area contributed by atoms with Gasteiger partial charge in [0.2, 0.25) is 14.8 Å². The van der Waals surface area contributed by atoms with Crippen molar-refractivity contribution in [3.05, 3.63) is 46.0 Å². The van der Waals surface area contributed by atoms with Gasteiger partial charge in [0.05, 0.1) is 16.3 Å². The maximum atomic E-state index is 13.9. The third kappa shape index (κ3) is 3.82. The fourth-order valence-electron chi connectivity index (χ4n) is 2.74. The normalized spacial score (nSPS) is 12.3. The highest BCUT2D eigenvalue weighted by Crippen LogP contribution is 2.34. The minimum Gasteiger partial charge on any atom is -0.397 e. The number of fused-ring (bicyclic) bond motifs is 1. The van der Waals surface area contributed by atoms with Crippen molar-refractivity contribution in [1.29, 1.82) is 0 Å². The number of rotatable bonds is 5. The number of carbonyl (C=O) groups is 1. The molecule has 3 aromatic rings. The Bertz CT molecular complexity index is 1200. The summed E-state index contributed by atoms with van der Waals surface area (Å²) in [6.45, 7) is 5.87. The Kier molecular flexibility index (Phi) is 5.35. The van der Waals surface area contributed by atoms with Crippen molar-refractivity contribution in [3.63, 3.8) is 0 Å². The molecule has 29 heavy (non-hydrogen) atoms. The lowest BCUT2D eigenvalue weighted by molar-refractivity contribution is 0.0956. The van der Waals surface area contributed by atoms with Crippen molar-refractivity contribution in [3.8, 4) is 0 Å². The molecule has 0 radical (unpaired) electrons. The first-order valence-electron chi connectivity index (χ1n) is 8.76. The van der Waals surface area contributed by atoms with Gasteiger partial charge < -0.3 is 11.1 Å². The molecule has 1 aromatic carbocycles. The van der Waals surface area contributed by atoms with Crippen LogP contribution < -0.4 is 11.1 Å². The van der Waals surface area contributed by atoms with E-state index in [4.69, 9.17) is 5.73 Å². The van der Waals surface area contributed by atoms with Gasteiger partial charge in [-0.2, -0.15) is 5.10 Å². The van der Waals surface area contributed by atoms with E-state index in [1.54, 1.807) is 0 Å². The van der Waals surface area contributed by atoms with Crippen LogP contribution in [0.2, 0.25) is 0 Å². The Balaban J connectivity index is 1.77. The molecule has 2 aromatic heterocycles. The number of nitrogen functional groups attached to an aromatic ring is 1. The van der Waals surface area contributed by atoms with E-state index in [1.165, 1.54) is 35.6 Å². The second-order valence-corrected chi connectivity index (χ2v) is 10.6. The number of alkyl halides is 1. The summed E-state index contributed by atoms with van der Waals surface area (Å²) in [5, 5.41) is 9.27. The fraction of sp³-hybridized carbons (Fsp3) is 0.316. The van der Waals surface area contributed by atoms with Gasteiger partial charge in [0.1, 0.15) is 9.71 Å². The van der Waals surface area contributed by atoms with Crippen molar-refractivity contribution in [1.82, 2.24) is 15.5 Å². The average molecular weight is 437 g/mol. The maximum Gasteiger partial charge on any atom is 0.263 e. The van der Waals surface area contributed by atoms with E-state index in [2.05, 4.69) is 15.5 Å². The number of nitrogens with one attached hydrogen (secondary N) is 1. The highest BCUT2D eigenvalue weighted by molar-refractivity contribution is 7.92. The topological polar surface area (TPSA) is 115 Å². The number of nitrogens with zero attached hydrogens (tertiary/aromatic N) is 2. The summed E-state index contributed by atoms with van der Waals surface area (Å²) in [6.07, 6.45) is 0. The second-order valence-electron chi connectivity index (χ2n) is 7.13. The van der Waals surface area contributed by atoms with Crippen molar-refractivity contribution in [2.24, 2.45) is 0 Å². The fourth-order valence-corrected chi connectivity index (χ4v) is 4.81. The Morgan fingerprint density at radius 2 is 1.83 bits per heavy atom. The van der Waals surface area contributed by atoms with Gasteiger partial charge in [-0.15, -0.1) is 16.4 Å². The first-order valence-corrected chi connectivity index (χ1v) is 11.1. The Morgan fingerprint density at radius 3 is 2.41 bits per heavy atom. The first-order chi connectivity index (χ1) is 13.4. The lowest BCUT2D eigenvalue weighted by Crippen LogP contribution is -2.26. The van der Waals surface area contributed by atoms with E-state index in [0.717, 1.165) is 30.5 Å². The lowest BCUT2D eigenvalue weighted by Gasteiger charge is -2.15. The molecule has 0 aliphatic heterocycles. The smallest absolute Gasteiger partial charge is 0.263 e. The minimum atomic E-state index is -4.08. The molecule has 3 rings (SSSR count). The van der Waals surface area contributed by atoms with Crippen molar-refractivity contribution < 1.29 is 17.6 Å². The van der Waals surface area contributed by atoms with Crippen LogP contribution in [0.4, 0.5) is 10.1 Å². The van der Waals surface area contributed by atoms with Crippen LogP contribution >= 0.6 is 11.3 Å². The zero-order valence-corrected chi connectivity index (χ0v) is 18.0. The van der Waals surface area contributed by atoms with E-state index < -0.39 is 14.8 Å². The monoisotopic (exact) mass is 436 g/mol. The molecule has 0 aliphatic rings. The molecule has 7 nitrogen and oxygen atoms in total. The Hall–Kier alpha value is -2.59. The van der Waals surface area contributed by atoms with Gasteiger partial charge >= 0.3 is 0 Å². The van der Waals surface area contributed by atoms with Gasteiger partial charge in [0.25, 0.3) is 5.91 Å². The summed E-state index contributed by atoms with van der Waals surface area (Å²) in [6, 6.07) is 5.72. The molecule has 0 fully saturated rings. The molecule has 0 aliphatic carbocycles. The molecule has 0 bridgehead atoms. The molecule has 0 saturated carbocycles. The summed E-state index contributed by atoms with van der Waals surface area (Å²) in [7, 11) is -4.08. The van der Waals surface area contributed by atoms with E-state index in [0.29, 0.717) is 21.0 Å². The zero-order valence-electron chi connectivity index (χ0n) is 16.4. The number of carbonyl (C=O) groups excluding carboxylic acids is 1. The number of hydrogen-bond acceptors (Lipinski definition) is 7. The number of thiophene rings is 1. The SMILES string of the molecule is Cc1nnc2sc(C(=O)NCc3ccc(S(=O)(=O)C(C)(C)F)cc3)c(N)c2c1C. The molecule has 0 atom stereocenters. The number of amides is 1. The molecule has 0 spiro atoms. The predicted molar refractivity (Wildman–Crippen MR) is 111 cm³/mol. The quantitative estimate of drug-likeness (QED) is 0.634. The molecule has 10 heteroatoms. The molecule has 0 unspecified atom stereocenters. The number of aryl methyl sites for hydroxylation is 2. The largest absolute Gasteiger partial charge is 0.397 e. The molecular formula is C19H21FN4O3S2. The number of sulfone groups is 1. The van der Waals surface area contributed by atoms with E-state index in [9.17, 15) is 17.6 Å². The van der Waals surface area contributed by atoms with Gasteiger partial charge in [0, 0.05) is 11.9 Å². The van der Waals surface area contributed by atoms with Gasteiger partial charge in [-0.05, 0) is 51.0 Å². The number of halogens is 1. The minimum absolute atomic E-state index is 0.113. The number of hydrogen-bond donors (Lipinski definition) is 2. The number of aromatic nitrogens is 2. The summed E-state index contributed by atoms with van der Waals surface area (Å²) in [5.74, 6) is -0.357. The van der Waals surface area contributed by atoms with Crippen molar-refractivity contribution in [2.45, 2.75) is 44.1 Å². The van der Waals surface area contributed by atoms with Gasteiger partial charge in [-0.1, -0.05) is 12.1 Å². The molecule has 154 valence electrons. The van der Waals surface area contributed by atoms with E-state index >= 15 is 0 Å². The zero-order chi connectivity index (χ0) is 21.6. The summed E-state index contributed by atoms with van der Waals surface area (Å²) >= 11 is 1.17. The van der Waals surface area contributed by atoms with Crippen LogP contribution in [-0.2, 0) is 16.4 Å². The standard InChI is InChI=1S/C19H21FN4O3S2/c1-10-11(2)23-24-18-14(10)15(21)16(28-18)17(25)22-9-12-5-7-13(8-6-12)29(26,27)19(3,4)20/h5-8H,9,21H2,1-4H3,(H,22,25). The Labute approximate surface area is 172 Å². The third-order valence-corrected chi connectivity index (χ3v) is 7.93.